The van der Waals surface area contributed by atoms with E-state index in [1.54, 1.807) is 0 Å². The Balaban J connectivity index is 1.51. The average Bonchev–Trinajstić information content (AvgIpc) is 3.03. The van der Waals surface area contributed by atoms with Crippen molar-refractivity contribution in [3.8, 4) is 0 Å². The van der Waals surface area contributed by atoms with Crippen molar-refractivity contribution in [1.29, 1.82) is 0 Å². The summed E-state index contributed by atoms with van der Waals surface area (Å²) in [5, 5.41) is 12.0. The summed E-state index contributed by atoms with van der Waals surface area (Å²) in [6.45, 7) is 3.44. The molecular weight excluding hydrogens is 352 g/mol. The van der Waals surface area contributed by atoms with E-state index in [0.717, 1.165) is 22.9 Å². The van der Waals surface area contributed by atoms with Gasteiger partial charge in [0.1, 0.15) is 0 Å². The standard InChI is InChI=1S/C19H19ClN4S/c1-14-2-4-16(5-3-14)13-24-11-10-18(23-24)22-19(25)21-12-15-6-8-17(20)9-7-15/h2-11H,12-13H2,1H3,(H2,21,22,23,25). The zero-order valence-corrected chi connectivity index (χ0v) is 15.4. The van der Waals surface area contributed by atoms with Gasteiger partial charge in [-0.3, -0.25) is 4.68 Å². The fraction of sp³-hybridized carbons (Fsp3) is 0.158. The van der Waals surface area contributed by atoms with E-state index in [1.165, 1.54) is 11.1 Å². The van der Waals surface area contributed by atoms with Crippen molar-refractivity contribution in [3.63, 3.8) is 0 Å². The van der Waals surface area contributed by atoms with Crippen LogP contribution in [0, 0.1) is 6.92 Å². The Hall–Kier alpha value is -2.37. The number of benzene rings is 2. The fourth-order valence-corrected chi connectivity index (χ4v) is 2.64. The molecule has 0 unspecified atom stereocenters. The molecule has 0 aliphatic heterocycles. The van der Waals surface area contributed by atoms with E-state index in [4.69, 9.17) is 23.8 Å². The van der Waals surface area contributed by atoms with E-state index in [0.29, 0.717) is 11.7 Å². The molecule has 0 aliphatic rings. The molecule has 3 aromatic rings. The first-order valence-corrected chi connectivity index (χ1v) is 8.75. The number of thiocarbonyl (C=S) groups is 1. The smallest absolute Gasteiger partial charge is 0.172 e. The highest BCUT2D eigenvalue weighted by Crippen LogP contribution is 2.10. The van der Waals surface area contributed by atoms with Gasteiger partial charge in [-0.2, -0.15) is 5.10 Å². The quantitative estimate of drug-likeness (QED) is 0.654. The third-order valence-electron chi connectivity index (χ3n) is 3.71. The summed E-state index contributed by atoms with van der Waals surface area (Å²) < 4.78 is 1.88. The molecule has 0 atom stereocenters. The van der Waals surface area contributed by atoms with Crippen molar-refractivity contribution in [2.45, 2.75) is 20.0 Å². The SMILES string of the molecule is Cc1ccc(Cn2ccc(NC(=S)NCc3ccc(Cl)cc3)n2)cc1. The predicted molar refractivity (Wildman–Crippen MR) is 107 cm³/mol. The van der Waals surface area contributed by atoms with E-state index < -0.39 is 0 Å². The Morgan fingerprint density at radius 2 is 1.72 bits per heavy atom. The zero-order valence-electron chi connectivity index (χ0n) is 13.9. The lowest BCUT2D eigenvalue weighted by Crippen LogP contribution is -2.28. The summed E-state index contributed by atoms with van der Waals surface area (Å²) in [5.41, 5.74) is 3.57. The maximum absolute atomic E-state index is 5.88. The molecule has 2 aromatic carbocycles. The van der Waals surface area contributed by atoms with Gasteiger partial charge in [-0.05, 0) is 42.4 Å². The van der Waals surface area contributed by atoms with Gasteiger partial charge in [0.25, 0.3) is 0 Å². The lowest BCUT2D eigenvalue weighted by atomic mass is 10.1. The minimum atomic E-state index is 0.538. The second-order valence-corrected chi connectivity index (χ2v) is 6.66. The number of anilines is 1. The lowest BCUT2D eigenvalue weighted by molar-refractivity contribution is 0.689. The topological polar surface area (TPSA) is 41.9 Å². The molecule has 4 nitrogen and oxygen atoms in total. The first-order chi connectivity index (χ1) is 12.1. The van der Waals surface area contributed by atoms with Crippen LogP contribution >= 0.6 is 23.8 Å². The van der Waals surface area contributed by atoms with E-state index in [-0.39, 0.29) is 0 Å². The summed E-state index contributed by atoms with van der Waals surface area (Å²) >= 11 is 11.2. The molecule has 25 heavy (non-hydrogen) atoms. The largest absolute Gasteiger partial charge is 0.358 e. The van der Waals surface area contributed by atoms with Crippen LogP contribution in [0.4, 0.5) is 5.82 Å². The molecule has 0 aliphatic carbocycles. The molecule has 3 rings (SSSR count). The monoisotopic (exact) mass is 370 g/mol. The van der Waals surface area contributed by atoms with Crippen molar-refractivity contribution in [3.05, 3.63) is 82.5 Å². The molecule has 0 spiro atoms. The number of hydrogen-bond acceptors (Lipinski definition) is 2. The van der Waals surface area contributed by atoms with E-state index in [9.17, 15) is 0 Å². The van der Waals surface area contributed by atoms with Gasteiger partial charge in [-0.25, -0.2) is 0 Å². The highest BCUT2D eigenvalue weighted by atomic mass is 35.5. The Bertz CT molecular complexity index is 841. The molecular formula is C19H19ClN4S. The average molecular weight is 371 g/mol. The van der Waals surface area contributed by atoms with Gasteiger partial charge in [-0.1, -0.05) is 53.6 Å². The van der Waals surface area contributed by atoms with Crippen LogP contribution in [0.15, 0.2) is 60.8 Å². The van der Waals surface area contributed by atoms with Gasteiger partial charge in [-0.15, -0.1) is 0 Å². The van der Waals surface area contributed by atoms with Gasteiger partial charge in [0.2, 0.25) is 0 Å². The molecule has 1 aromatic heterocycles. The summed E-state index contributed by atoms with van der Waals surface area (Å²) in [4.78, 5) is 0. The molecule has 0 radical (unpaired) electrons. The van der Waals surface area contributed by atoms with Crippen LogP contribution in [-0.2, 0) is 13.1 Å². The maximum Gasteiger partial charge on any atom is 0.172 e. The second-order valence-electron chi connectivity index (χ2n) is 5.82. The highest BCUT2D eigenvalue weighted by molar-refractivity contribution is 7.80. The van der Waals surface area contributed by atoms with E-state index in [2.05, 4.69) is 46.9 Å². The van der Waals surface area contributed by atoms with Gasteiger partial charge in [0.05, 0.1) is 6.54 Å². The van der Waals surface area contributed by atoms with Crippen LogP contribution in [0.5, 0.6) is 0 Å². The zero-order chi connectivity index (χ0) is 17.6. The van der Waals surface area contributed by atoms with Crippen LogP contribution in [0.1, 0.15) is 16.7 Å². The van der Waals surface area contributed by atoms with Gasteiger partial charge < -0.3 is 10.6 Å². The maximum atomic E-state index is 5.88. The fourth-order valence-electron chi connectivity index (χ4n) is 2.34. The van der Waals surface area contributed by atoms with Crippen LogP contribution < -0.4 is 10.6 Å². The van der Waals surface area contributed by atoms with Gasteiger partial charge in [0.15, 0.2) is 10.9 Å². The van der Waals surface area contributed by atoms with Crippen molar-refractivity contribution in [2.24, 2.45) is 0 Å². The molecule has 0 amide bonds. The Kier molecular flexibility index (Phi) is 5.68. The molecule has 0 fully saturated rings. The highest BCUT2D eigenvalue weighted by Gasteiger charge is 2.03. The first kappa shape index (κ1) is 17.5. The minimum Gasteiger partial charge on any atom is -0.358 e. The Morgan fingerprint density at radius 1 is 1.04 bits per heavy atom. The van der Waals surface area contributed by atoms with Gasteiger partial charge in [0, 0.05) is 23.8 Å². The molecule has 0 bridgehead atoms. The van der Waals surface area contributed by atoms with Crippen LogP contribution in [-0.4, -0.2) is 14.9 Å². The summed E-state index contributed by atoms with van der Waals surface area (Å²) in [7, 11) is 0. The summed E-state index contributed by atoms with van der Waals surface area (Å²) in [6, 6.07) is 18.0. The number of halogens is 1. The number of nitrogens with zero attached hydrogens (tertiary/aromatic N) is 2. The van der Waals surface area contributed by atoms with Crippen LogP contribution in [0.3, 0.4) is 0 Å². The van der Waals surface area contributed by atoms with Crippen molar-refractivity contribution in [2.75, 3.05) is 5.32 Å². The van der Waals surface area contributed by atoms with E-state index >= 15 is 0 Å². The van der Waals surface area contributed by atoms with Crippen molar-refractivity contribution in [1.82, 2.24) is 15.1 Å². The summed E-state index contributed by atoms with van der Waals surface area (Å²) in [5.74, 6) is 0.723. The number of hydrogen-bond donors (Lipinski definition) is 2. The third kappa shape index (κ3) is 5.31. The third-order valence-corrected chi connectivity index (χ3v) is 4.21. The lowest BCUT2D eigenvalue weighted by Gasteiger charge is -2.09. The number of aromatic nitrogens is 2. The van der Waals surface area contributed by atoms with Crippen LogP contribution in [0.2, 0.25) is 5.02 Å². The molecule has 2 N–H and O–H groups in total. The molecule has 0 saturated heterocycles. The first-order valence-electron chi connectivity index (χ1n) is 7.97. The van der Waals surface area contributed by atoms with Crippen molar-refractivity contribution >= 4 is 34.7 Å². The van der Waals surface area contributed by atoms with Crippen LogP contribution in [0.25, 0.3) is 0 Å². The predicted octanol–water partition coefficient (Wildman–Crippen LogP) is 4.38. The Morgan fingerprint density at radius 3 is 2.44 bits per heavy atom. The minimum absolute atomic E-state index is 0.538. The number of nitrogens with one attached hydrogen (secondary N) is 2. The van der Waals surface area contributed by atoms with E-state index in [1.807, 2.05) is 41.2 Å². The molecule has 128 valence electrons. The molecule has 1 heterocycles. The number of rotatable bonds is 5. The molecule has 6 heteroatoms. The Labute approximate surface area is 157 Å². The van der Waals surface area contributed by atoms with Gasteiger partial charge >= 0.3 is 0 Å². The second kappa shape index (κ2) is 8.14. The van der Waals surface area contributed by atoms with Crippen molar-refractivity contribution < 1.29 is 0 Å². The normalized spacial score (nSPS) is 10.5. The molecule has 0 saturated carbocycles. The summed E-state index contributed by atoms with van der Waals surface area (Å²) in [6.07, 6.45) is 1.93. The number of aryl methyl sites for hydroxylation is 1.